The molecule has 4 N–H and O–H groups in total. The summed E-state index contributed by atoms with van der Waals surface area (Å²) in [6, 6.07) is 8.84. The molecule has 0 aliphatic heterocycles. The smallest absolute Gasteiger partial charge is 0.140 e. The molecule has 2 atom stereocenters. The van der Waals surface area contributed by atoms with Gasteiger partial charge in [-0.2, -0.15) is 0 Å². The van der Waals surface area contributed by atoms with Crippen LogP contribution < -0.4 is 11.1 Å². The van der Waals surface area contributed by atoms with Gasteiger partial charge in [-0.25, -0.2) is 0 Å². The van der Waals surface area contributed by atoms with Crippen LogP contribution in [-0.2, 0) is 0 Å². The molecule has 0 aliphatic rings. The van der Waals surface area contributed by atoms with E-state index in [4.69, 9.17) is 10.9 Å². The molecule has 1 aromatic rings. The Morgan fingerprint density at radius 3 is 2.47 bits per heavy atom. The van der Waals surface area contributed by atoms with Crippen LogP contribution in [0, 0.1) is 6.92 Å². The highest BCUT2D eigenvalue weighted by Gasteiger charge is 2.10. The van der Waals surface area contributed by atoms with Gasteiger partial charge in [0.15, 0.2) is 0 Å². The number of hydrogen-bond acceptors (Lipinski definition) is 3. The largest absolute Gasteiger partial charge is 0.409 e. The molecule has 4 heteroatoms. The molecule has 0 heterocycles. The first-order chi connectivity index (χ1) is 8.02. The zero-order chi connectivity index (χ0) is 12.8. The van der Waals surface area contributed by atoms with E-state index in [2.05, 4.69) is 48.6 Å². The lowest BCUT2D eigenvalue weighted by Gasteiger charge is -2.20. The monoisotopic (exact) mass is 235 g/mol. The average Bonchev–Trinajstić information content (AvgIpc) is 2.29. The standard InChI is InChI=1S/C13H21N3O/c1-9-4-6-12(7-5-9)11(3)15-10(2)8-13(14)16-17/h4-7,10-11,15,17H,8H2,1-3H3,(H2,14,16)/t10?,11-/m1/s1. The van der Waals surface area contributed by atoms with E-state index in [-0.39, 0.29) is 17.9 Å². The van der Waals surface area contributed by atoms with Crippen LogP contribution in [-0.4, -0.2) is 17.1 Å². The second-order valence-corrected chi connectivity index (χ2v) is 4.50. The van der Waals surface area contributed by atoms with Crippen molar-refractivity contribution < 1.29 is 5.21 Å². The third-order valence-electron chi connectivity index (χ3n) is 2.76. The highest BCUT2D eigenvalue weighted by molar-refractivity contribution is 5.80. The molecule has 0 bridgehead atoms. The molecule has 0 aliphatic carbocycles. The fourth-order valence-electron chi connectivity index (χ4n) is 1.79. The van der Waals surface area contributed by atoms with Gasteiger partial charge in [-0.05, 0) is 26.3 Å². The highest BCUT2D eigenvalue weighted by atomic mass is 16.4. The number of amidine groups is 1. The van der Waals surface area contributed by atoms with Crippen LogP contribution in [0.3, 0.4) is 0 Å². The van der Waals surface area contributed by atoms with Crippen LogP contribution in [0.1, 0.15) is 37.4 Å². The second kappa shape index (κ2) is 6.25. The average molecular weight is 235 g/mol. The Hall–Kier alpha value is -1.55. The Labute approximate surface area is 103 Å². The van der Waals surface area contributed by atoms with Crippen molar-refractivity contribution in [1.29, 1.82) is 0 Å². The lowest BCUT2D eigenvalue weighted by molar-refractivity contribution is 0.315. The van der Waals surface area contributed by atoms with Crippen molar-refractivity contribution >= 4 is 5.84 Å². The molecule has 17 heavy (non-hydrogen) atoms. The van der Waals surface area contributed by atoms with Crippen LogP contribution in [0.15, 0.2) is 29.4 Å². The minimum Gasteiger partial charge on any atom is -0.409 e. The van der Waals surface area contributed by atoms with Gasteiger partial charge in [-0.1, -0.05) is 35.0 Å². The summed E-state index contributed by atoms with van der Waals surface area (Å²) >= 11 is 0. The first-order valence-corrected chi connectivity index (χ1v) is 5.82. The number of nitrogens with zero attached hydrogens (tertiary/aromatic N) is 1. The van der Waals surface area contributed by atoms with E-state index in [9.17, 15) is 0 Å². The van der Waals surface area contributed by atoms with Crippen molar-refractivity contribution in [1.82, 2.24) is 5.32 Å². The van der Waals surface area contributed by atoms with Gasteiger partial charge in [-0.15, -0.1) is 0 Å². The Bertz CT molecular complexity index is 373. The first kappa shape index (κ1) is 13.5. The van der Waals surface area contributed by atoms with Gasteiger partial charge in [0.1, 0.15) is 5.84 Å². The zero-order valence-electron chi connectivity index (χ0n) is 10.6. The number of oxime groups is 1. The van der Waals surface area contributed by atoms with Crippen molar-refractivity contribution in [3.63, 3.8) is 0 Å². The summed E-state index contributed by atoms with van der Waals surface area (Å²) < 4.78 is 0. The van der Waals surface area contributed by atoms with E-state index in [1.807, 2.05) is 6.92 Å². The summed E-state index contributed by atoms with van der Waals surface area (Å²) in [4.78, 5) is 0. The molecule has 0 fully saturated rings. The molecule has 1 rings (SSSR count). The van der Waals surface area contributed by atoms with Crippen LogP contribution in [0.5, 0.6) is 0 Å². The summed E-state index contributed by atoms with van der Waals surface area (Å²) in [6.45, 7) is 6.19. The molecule has 0 spiro atoms. The van der Waals surface area contributed by atoms with Gasteiger partial charge in [0.05, 0.1) is 0 Å². The molecule has 0 amide bonds. The van der Waals surface area contributed by atoms with Crippen LogP contribution >= 0.6 is 0 Å². The van der Waals surface area contributed by atoms with E-state index in [0.717, 1.165) is 0 Å². The predicted molar refractivity (Wildman–Crippen MR) is 70.2 cm³/mol. The Balaban J connectivity index is 2.54. The second-order valence-electron chi connectivity index (χ2n) is 4.50. The molecule has 1 unspecified atom stereocenters. The summed E-state index contributed by atoms with van der Waals surface area (Å²) in [5.41, 5.74) is 7.96. The Kier molecular flexibility index (Phi) is 4.97. The zero-order valence-corrected chi connectivity index (χ0v) is 10.6. The maximum atomic E-state index is 8.50. The molecular formula is C13H21N3O. The number of rotatable bonds is 5. The summed E-state index contributed by atoms with van der Waals surface area (Å²) in [7, 11) is 0. The van der Waals surface area contributed by atoms with Gasteiger partial charge in [0.2, 0.25) is 0 Å². The van der Waals surface area contributed by atoms with E-state index in [1.54, 1.807) is 0 Å². The fourth-order valence-corrected chi connectivity index (χ4v) is 1.79. The van der Waals surface area contributed by atoms with E-state index in [1.165, 1.54) is 11.1 Å². The lowest BCUT2D eigenvalue weighted by Crippen LogP contribution is -2.33. The third kappa shape index (κ3) is 4.44. The fraction of sp³-hybridized carbons (Fsp3) is 0.462. The maximum Gasteiger partial charge on any atom is 0.140 e. The highest BCUT2D eigenvalue weighted by Crippen LogP contribution is 2.14. The van der Waals surface area contributed by atoms with Crippen molar-refractivity contribution in [3.8, 4) is 0 Å². The summed E-state index contributed by atoms with van der Waals surface area (Å²) in [5.74, 6) is 0.251. The molecule has 1 aromatic carbocycles. The van der Waals surface area contributed by atoms with Gasteiger partial charge >= 0.3 is 0 Å². The van der Waals surface area contributed by atoms with Crippen molar-refractivity contribution in [2.24, 2.45) is 10.9 Å². The maximum absolute atomic E-state index is 8.50. The summed E-state index contributed by atoms with van der Waals surface area (Å²) in [6.07, 6.45) is 0.534. The van der Waals surface area contributed by atoms with Gasteiger partial charge in [-0.3, -0.25) is 0 Å². The number of nitrogens with two attached hydrogens (primary N) is 1. The number of hydrogen-bond donors (Lipinski definition) is 3. The minimum atomic E-state index is 0.169. The molecule has 0 saturated heterocycles. The molecule has 0 saturated carbocycles. The van der Waals surface area contributed by atoms with E-state index >= 15 is 0 Å². The van der Waals surface area contributed by atoms with Crippen molar-refractivity contribution in [2.45, 2.75) is 39.3 Å². The molecule has 0 aromatic heterocycles. The summed E-state index contributed by atoms with van der Waals surface area (Å²) in [5, 5.41) is 14.9. The normalized spacial score (nSPS) is 15.6. The lowest BCUT2D eigenvalue weighted by atomic mass is 10.1. The van der Waals surface area contributed by atoms with Crippen LogP contribution in [0.25, 0.3) is 0 Å². The quantitative estimate of drug-likeness (QED) is 0.317. The molecular weight excluding hydrogens is 214 g/mol. The SMILES string of the molecule is Cc1ccc([C@@H](C)NC(C)C/C(N)=N/O)cc1. The number of benzene rings is 1. The minimum absolute atomic E-state index is 0.169. The Morgan fingerprint density at radius 2 is 1.94 bits per heavy atom. The van der Waals surface area contributed by atoms with Crippen molar-refractivity contribution in [2.75, 3.05) is 0 Å². The van der Waals surface area contributed by atoms with Gasteiger partial charge < -0.3 is 16.3 Å². The number of nitrogens with one attached hydrogen (secondary N) is 1. The topological polar surface area (TPSA) is 70.6 Å². The van der Waals surface area contributed by atoms with Gasteiger partial charge in [0.25, 0.3) is 0 Å². The molecule has 94 valence electrons. The third-order valence-corrected chi connectivity index (χ3v) is 2.76. The van der Waals surface area contributed by atoms with E-state index in [0.29, 0.717) is 6.42 Å². The van der Waals surface area contributed by atoms with Gasteiger partial charge in [0, 0.05) is 18.5 Å². The first-order valence-electron chi connectivity index (χ1n) is 5.82. The van der Waals surface area contributed by atoms with Crippen LogP contribution in [0.2, 0.25) is 0 Å². The van der Waals surface area contributed by atoms with Crippen molar-refractivity contribution in [3.05, 3.63) is 35.4 Å². The van der Waals surface area contributed by atoms with Crippen LogP contribution in [0.4, 0.5) is 0 Å². The number of aryl methyl sites for hydroxylation is 1. The predicted octanol–water partition coefficient (Wildman–Crippen LogP) is 2.17. The molecule has 4 nitrogen and oxygen atoms in total. The molecule has 0 radical (unpaired) electrons. The Morgan fingerprint density at radius 1 is 1.35 bits per heavy atom. The van der Waals surface area contributed by atoms with E-state index < -0.39 is 0 Å².